The van der Waals surface area contributed by atoms with Gasteiger partial charge in [-0.1, -0.05) is 0 Å². The van der Waals surface area contributed by atoms with Crippen molar-refractivity contribution in [2.24, 2.45) is 5.41 Å². The van der Waals surface area contributed by atoms with Crippen LogP contribution in [0.5, 0.6) is 0 Å². The first-order valence-corrected chi connectivity index (χ1v) is 7.87. The van der Waals surface area contributed by atoms with E-state index in [2.05, 4.69) is 5.32 Å². The summed E-state index contributed by atoms with van der Waals surface area (Å²) >= 11 is 0. The molecule has 2 rings (SSSR count). The maximum atomic E-state index is 11.7. The lowest BCUT2D eigenvalue weighted by Crippen LogP contribution is -2.49. The number of piperidine rings is 2. The van der Waals surface area contributed by atoms with Crippen LogP contribution >= 0.6 is 0 Å². The van der Waals surface area contributed by atoms with Gasteiger partial charge >= 0.3 is 0 Å². The minimum atomic E-state index is -2.96. The van der Waals surface area contributed by atoms with Crippen molar-refractivity contribution in [1.29, 1.82) is 0 Å². The Morgan fingerprint density at radius 2 is 1.94 bits per heavy atom. The molecule has 0 amide bonds. The molecule has 2 fully saturated rings. The fourth-order valence-corrected chi connectivity index (χ4v) is 3.98. The zero-order valence-electron chi connectivity index (χ0n) is 10.0. The molecule has 0 aromatic carbocycles. The van der Waals surface area contributed by atoms with Crippen molar-refractivity contribution in [2.75, 3.05) is 31.9 Å². The summed E-state index contributed by atoms with van der Waals surface area (Å²) in [5.41, 5.74) is 0.387. The molecular formula is C11H22N2O2S. The van der Waals surface area contributed by atoms with Crippen LogP contribution in [0.1, 0.15) is 32.6 Å². The van der Waals surface area contributed by atoms with Crippen molar-refractivity contribution in [1.82, 2.24) is 9.62 Å². The molecule has 5 heteroatoms. The average Bonchev–Trinajstić information content (AvgIpc) is 2.31. The summed E-state index contributed by atoms with van der Waals surface area (Å²) in [6, 6.07) is 0. The van der Waals surface area contributed by atoms with Crippen LogP contribution in [0, 0.1) is 5.41 Å². The molecule has 0 bridgehead atoms. The fraction of sp³-hybridized carbons (Fsp3) is 1.00. The van der Waals surface area contributed by atoms with E-state index < -0.39 is 10.0 Å². The van der Waals surface area contributed by atoms with E-state index in [1.54, 1.807) is 11.2 Å². The van der Waals surface area contributed by atoms with Crippen LogP contribution in [0.25, 0.3) is 0 Å². The summed E-state index contributed by atoms with van der Waals surface area (Å²) in [4.78, 5) is 0. The Morgan fingerprint density at radius 3 is 2.44 bits per heavy atom. The maximum absolute atomic E-state index is 11.7. The number of hydrogen-bond acceptors (Lipinski definition) is 3. The number of nitrogens with zero attached hydrogens (tertiary/aromatic N) is 1. The third-order valence-electron chi connectivity index (χ3n) is 4.10. The Morgan fingerprint density at radius 1 is 1.25 bits per heavy atom. The van der Waals surface area contributed by atoms with Crippen LogP contribution in [0.4, 0.5) is 0 Å². The Hall–Kier alpha value is -0.130. The van der Waals surface area contributed by atoms with Gasteiger partial charge in [0.2, 0.25) is 10.0 Å². The molecular weight excluding hydrogens is 224 g/mol. The molecule has 2 heterocycles. The van der Waals surface area contributed by atoms with Crippen LogP contribution < -0.4 is 5.32 Å². The average molecular weight is 246 g/mol. The number of nitrogens with one attached hydrogen (secondary N) is 1. The van der Waals surface area contributed by atoms with Crippen molar-refractivity contribution in [3.05, 3.63) is 0 Å². The van der Waals surface area contributed by atoms with Crippen LogP contribution in [-0.2, 0) is 10.0 Å². The summed E-state index contributed by atoms with van der Waals surface area (Å²) in [5.74, 6) is 0.234. The second-order valence-corrected chi connectivity index (χ2v) is 7.34. The molecule has 1 N–H and O–H groups in total. The molecule has 0 atom stereocenters. The number of rotatable bonds is 2. The Labute approximate surface area is 98.4 Å². The second-order valence-electron chi connectivity index (χ2n) is 5.08. The van der Waals surface area contributed by atoms with Gasteiger partial charge in [0, 0.05) is 19.6 Å². The molecule has 4 nitrogen and oxygen atoms in total. The van der Waals surface area contributed by atoms with Gasteiger partial charge in [0.15, 0.2) is 0 Å². The van der Waals surface area contributed by atoms with E-state index in [1.807, 2.05) is 0 Å². The van der Waals surface area contributed by atoms with Crippen molar-refractivity contribution < 1.29 is 8.42 Å². The van der Waals surface area contributed by atoms with Crippen LogP contribution in [-0.4, -0.2) is 44.7 Å². The van der Waals surface area contributed by atoms with Gasteiger partial charge in [0.1, 0.15) is 0 Å². The quantitative estimate of drug-likeness (QED) is 0.784. The van der Waals surface area contributed by atoms with Crippen molar-refractivity contribution in [3.63, 3.8) is 0 Å². The van der Waals surface area contributed by atoms with Gasteiger partial charge in [-0.25, -0.2) is 12.7 Å². The highest BCUT2D eigenvalue weighted by Gasteiger charge is 2.38. The van der Waals surface area contributed by atoms with Crippen molar-refractivity contribution in [3.8, 4) is 0 Å². The first-order chi connectivity index (χ1) is 7.58. The second kappa shape index (κ2) is 4.63. The molecule has 0 saturated carbocycles. The molecule has 2 aliphatic heterocycles. The Bertz CT molecular complexity index is 324. The van der Waals surface area contributed by atoms with E-state index in [1.165, 1.54) is 12.8 Å². The number of hydrogen-bond donors (Lipinski definition) is 1. The van der Waals surface area contributed by atoms with E-state index in [9.17, 15) is 8.42 Å². The van der Waals surface area contributed by atoms with Crippen molar-refractivity contribution in [2.45, 2.75) is 32.6 Å². The zero-order valence-corrected chi connectivity index (χ0v) is 10.9. The minimum Gasteiger partial charge on any atom is -0.316 e. The van der Waals surface area contributed by atoms with Crippen LogP contribution in [0.3, 0.4) is 0 Å². The molecule has 2 aliphatic rings. The largest absolute Gasteiger partial charge is 0.316 e. The predicted molar refractivity (Wildman–Crippen MR) is 64.8 cm³/mol. The van der Waals surface area contributed by atoms with Crippen molar-refractivity contribution >= 4 is 10.0 Å². The van der Waals surface area contributed by atoms with Gasteiger partial charge in [-0.15, -0.1) is 0 Å². The van der Waals surface area contributed by atoms with Gasteiger partial charge in [-0.3, -0.25) is 0 Å². The SMILES string of the molecule is CCS(=O)(=O)N1CCC2(CCCNC2)CC1. The monoisotopic (exact) mass is 246 g/mol. The van der Waals surface area contributed by atoms with Gasteiger partial charge in [-0.05, 0) is 44.6 Å². The topological polar surface area (TPSA) is 49.4 Å². The molecule has 0 radical (unpaired) electrons. The van der Waals surface area contributed by atoms with Crippen LogP contribution in [0.15, 0.2) is 0 Å². The van der Waals surface area contributed by atoms with Gasteiger partial charge in [0.25, 0.3) is 0 Å². The van der Waals surface area contributed by atoms with Gasteiger partial charge in [-0.2, -0.15) is 0 Å². The van der Waals surface area contributed by atoms with E-state index in [-0.39, 0.29) is 5.75 Å². The van der Waals surface area contributed by atoms with E-state index in [4.69, 9.17) is 0 Å². The molecule has 0 aromatic rings. The highest BCUT2D eigenvalue weighted by atomic mass is 32.2. The molecule has 0 unspecified atom stereocenters. The highest BCUT2D eigenvalue weighted by molar-refractivity contribution is 7.89. The smallest absolute Gasteiger partial charge is 0.213 e. The molecule has 2 saturated heterocycles. The molecule has 94 valence electrons. The van der Waals surface area contributed by atoms with Gasteiger partial charge in [0.05, 0.1) is 5.75 Å². The fourth-order valence-electron chi connectivity index (χ4n) is 2.88. The summed E-state index contributed by atoms with van der Waals surface area (Å²) < 4.78 is 25.1. The zero-order chi connectivity index (χ0) is 11.6. The standard InChI is InChI=1S/C11H22N2O2S/c1-2-16(14,15)13-8-5-11(6-9-13)4-3-7-12-10-11/h12H,2-10H2,1H3. The third kappa shape index (κ3) is 2.41. The summed E-state index contributed by atoms with van der Waals surface area (Å²) in [7, 11) is -2.96. The number of sulfonamides is 1. The van der Waals surface area contributed by atoms with Crippen LogP contribution in [0.2, 0.25) is 0 Å². The van der Waals surface area contributed by atoms with Gasteiger partial charge < -0.3 is 5.32 Å². The Balaban J connectivity index is 1.96. The lowest BCUT2D eigenvalue weighted by Gasteiger charge is -2.43. The highest BCUT2D eigenvalue weighted by Crippen LogP contribution is 2.37. The first kappa shape index (κ1) is 12.3. The molecule has 16 heavy (non-hydrogen) atoms. The van der Waals surface area contributed by atoms with E-state index in [0.29, 0.717) is 5.41 Å². The molecule has 1 spiro atoms. The Kier molecular flexibility index (Phi) is 3.56. The lowest BCUT2D eigenvalue weighted by molar-refractivity contribution is 0.116. The first-order valence-electron chi connectivity index (χ1n) is 6.27. The van der Waals surface area contributed by atoms with E-state index in [0.717, 1.165) is 39.0 Å². The summed E-state index contributed by atoms with van der Waals surface area (Å²) in [6.45, 7) is 5.36. The lowest BCUT2D eigenvalue weighted by atomic mass is 9.73. The molecule has 0 aliphatic carbocycles. The molecule has 0 aromatic heterocycles. The normalized spacial score (nSPS) is 27.1. The van der Waals surface area contributed by atoms with E-state index >= 15 is 0 Å². The minimum absolute atomic E-state index is 0.234. The third-order valence-corrected chi connectivity index (χ3v) is 5.98. The summed E-state index contributed by atoms with van der Waals surface area (Å²) in [5, 5.41) is 3.44. The predicted octanol–water partition coefficient (Wildman–Crippen LogP) is 0.802. The maximum Gasteiger partial charge on any atom is 0.213 e. The summed E-state index contributed by atoms with van der Waals surface area (Å²) in [6.07, 6.45) is 4.55.